The van der Waals surface area contributed by atoms with E-state index < -0.39 is 17.8 Å². The van der Waals surface area contributed by atoms with Crippen LogP contribution >= 0.6 is 34.5 Å². The fourth-order valence-electron chi connectivity index (χ4n) is 3.51. The highest BCUT2D eigenvalue weighted by Gasteiger charge is 2.25. The molecule has 11 heteroatoms. The number of amides is 3. The standard InChI is InChI=1S/C24H23Cl2N3O5S/c1-11(2)29(12(3)30)10-14-5-7-15(8-6-14)23(33)28-24-18(22(27)32)16-9-17(25)20(34-13(4)31)19(26)21(16)35-24/h5-9,11H,10H2,1-4H3,(H2,27,32)(H,28,33). The zero-order valence-electron chi connectivity index (χ0n) is 19.4. The highest BCUT2D eigenvalue weighted by atomic mass is 35.5. The molecule has 0 radical (unpaired) electrons. The predicted molar refractivity (Wildman–Crippen MR) is 137 cm³/mol. The minimum atomic E-state index is -0.785. The largest absolute Gasteiger partial charge is 0.423 e. The second kappa shape index (κ2) is 10.6. The minimum absolute atomic E-state index is 0.0208. The predicted octanol–water partition coefficient (Wildman–Crippen LogP) is 5.24. The lowest BCUT2D eigenvalue weighted by molar-refractivity contribution is -0.132. The van der Waals surface area contributed by atoms with Crippen LogP contribution < -0.4 is 15.8 Å². The van der Waals surface area contributed by atoms with Gasteiger partial charge in [0.05, 0.1) is 15.3 Å². The van der Waals surface area contributed by atoms with Crippen molar-refractivity contribution < 1.29 is 23.9 Å². The van der Waals surface area contributed by atoms with Crippen LogP contribution in [0.25, 0.3) is 10.1 Å². The summed E-state index contributed by atoms with van der Waals surface area (Å²) in [4.78, 5) is 50.1. The summed E-state index contributed by atoms with van der Waals surface area (Å²) >= 11 is 13.6. The third-order valence-corrected chi connectivity index (χ3v) is 7.04. The van der Waals surface area contributed by atoms with Gasteiger partial charge >= 0.3 is 5.97 Å². The molecular formula is C24H23Cl2N3O5S. The number of carbonyl (C=O) groups is 4. The molecular weight excluding hydrogens is 513 g/mol. The fourth-order valence-corrected chi connectivity index (χ4v) is 5.27. The Balaban J connectivity index is 1.92. The average molecular weight is 536 g/mol. The number of benzene rings is 2. The van der Waals surface area contributed by atoms with Gasteiger partial charge < -0.3 is 20.7 Å². The van der Waals surface area contributed by atoms with Crippen LogP contribution in [0.1, 0.15) is 54.0 Å². The minimum Gasteiger partial charge on any atom is -0.423 e. The van der Waals surface area contributed by atoms with Gasteiger partial charge in [-0.25, -0.2) is 0 Å². The first-order chi connectivity index (χ1) is 16.4. The summed E-state index contributed by atoms with van der Waals surface area (Å²) in [7, 11) is 0. The second-order valence-corrected chi connectivity index (χ2v) is 9.84. The molecule has 3 aromatic rings. The van der Waals surface area contributed by atoms with Gasteiger partial charge in [0.1, 0.15) is 10.0 Å². The van der Waals surface area contributed by atoms with Crippen LogP contribution in [0.4, 0.5) is 5.00 Å². The second-order valence-electron chi connectivity index (χ2n) is 8.03. The van der Waals surface area contributed by atoms with Crippen LogP contribution in [-0.4, -0.2) is 34.6 Å². The van der Waals surface area contributed by atoms with Crippen LogP contribution in [-0.2, 0) is 16.1 Å². The van der Waals surface area contributed by atoms with Crippen molar-refractivity contribution >= 4 is 73.3 Å². The third-order valence-electron chi connectivity index (χ3n) is 5.15. The average Bonchev–Trinajstić information content (AvgIpc) is 3.12. The lowest BCUT2D eigenvalue weighted by Gasteiger charge is -2.25. The lowest BCUT2D eigenvalue weighted by Crippen LogP contribution is -2.34. The quantitative estimate of drug-likeness (QED) is 0.316. The number of anilines is 1. The van der Waals surface area contributed by atoms with E-state index in [1.165, 1.54) is 19.9 Å². The van der Waals surface area contributed by atoms with E-state index in [9.17, 15) is 19.2 Å². The van der Waals surface area contributed by atoms with Gasteiger partial charge in [0.15, 0.2) is 5.75 Å². The number of nitrogens with two attached hydrogens (primary N) is 1. The first-order valence-corrected chi connectivity index (χ1v) is 12.1. The summed E-state index contributed by atoms with van der Waals surface area (Å²) < 4.78 is 5.47. The molecule has 8 nitrogen and oxygen atoms in total. The van der Waals surface area contributed by atoms with Crippen molar-refractivity contribution in [3.05, 3.63) is 57.1 Å². The molecule has 0 saturated heterocycles. The van der Waals surface area contributed by atoms with Crippen LogP contribution in [0.2, 0.25) is 10.0 Å². The number of fused-ring (bicyclic) bond motifs is 1. The molecule has 3 amide bonds. The van der Waals surface area contributed by atoms with Gasteiger partial charge in [-0.15, -0.1) is 11.3 Å². The van der Waals surface area contributed by atoms with E-state index in [2.05, 4.69) is 5.32 Å². The molecule has 0 aliphatic rings. The summed E-state index contributed by atoms with van der Waals surface area (Å²) in [6, 6.07) is 8.23. The first-order valence-electron chi connectivity index (χ1n) is 10.5. The Kier molecular flexibility index (Phi) is 8.04. The van der Waals surface area contributed by atoms with Crippen LogP contribution in [0.15, 0.2) is 30.3 Å². The molecule has 3 rings (SSSR count). The van der Waals surface area contributed by atoms with Crippen LogP contribution in [0, 0.1) is 0 Å². The summed E-state index contributed by atoms with van der Waals surface area (Å²) in [6.45, 7) is 6.99. The monoisotopic (exact) mass is 535 g/mol. The Labute approximate surface area is 215 Å². The molecule has 184 valence electrons. The SMILES string of the molecule is CC(=O)Oc1c(Cl)cc2c(C(N)=O)c(NC(=O)c3ccc(CN(C(C)=O)C(C)C)cc3)sc2c1Cl. The molecule has 0 saturated carbocycles. The van der Waals surface area contributed by atoms with Gasteiger partial charge in [-0.05, 0) is 37.6 Å². The molecule has 0 aliphatic heterocycles. The van der Waals surface area contributed by atoms with Gasteiger partial charge in [0.25, 0.3) is 11.8 Å². The molecule has 35 heavy (non-hydrogen) atoms. The number of thiophene rings is 1. The summed E-state index contributed by atoms with van der Waals surface area (Å²) in [5.74, 6) is -1.95. The van der Waals surface area contributed by atoms with Crippen molar-refractivity contribution in [1.82, 2.24) is 4.90 Å². The van der Waals surface area contributed by atoms with Crippen molar-refractivity contribution in [2.45, 2.75) is 40.3 Å². The number of esters is 1. The number of ether oxygens (including phenoxy) is 1. The number of hydrogen-bond acceptors (Lipinski definition) is 6. The highest BCUT2D eigenvalue weighted by molar-refractivity contribution is 7.24. The van der Waals surface area contributed by atoms with E-state index >= 15 is 0 Å². The van der Waals surface area contributed by atoms with Gasteiger partial charge in [0, 0.05) is 37.4 Å². The zero-order valence-corrected chi connectivity index (χ0v) is 21.7. The van der Waals surface area contributed by atoms with Crippen LogP contribution in [0.5, 0.6) is 5.75 Å². The van der Waals surface area contributed by atoms with E-state index in [0.717, 1.165) is 16.9 Å². The first kappa shape index (κ1) is 26.5. The number of rotatable bonds is 7. The van der Waals surface area contributed by atoms with Gasteiger partial charge in [-0.2, -0.15) is 0 Å². The zero-order chi connectivity index (χ0) is 26.0. The molecule has 0 bridgehead atoms. The highest BCUT2D eigenvalue weighted by Crippen LogP contribution is 2.46. The van der Waals surface area contributed by atoms with Crippen LogP contribution in [0.3, 0.4) is 0 Å². The van der Waals surface area contributed by atoms with Gasteiger partial charge in [-0.3, -0.25) is 19.2 Å². The maximum absolute atomic E-state index is 12.9. The van der Waals surface area contributed by atoms with Crippen molar-refractivity contribution in [2.24, 2.45) is 5.73 Å². The van der Waals surface area contributed by atoms with E-state index in [-0.39, 0.29) is 38.3 Å². The van der Waals surface area contributed by atoms with E-state index in [4.69, 9.17) is 33.7 Å². The smallest absolute Gasteiger partial charge is 0.308 e. The Hall–Kier alpha value is -3.14. The third kappa shape index (κ3) is 5.75. The van der Waals surface area contributed by atoms with E-state index in [0.29, 0.717) is 22.2 Å². The molecule has 0 fully saturated rings. The molecule has 0 atom stereocenters. The molecule has 0 aliphatic carbocycles. The van der Waals surface area contributed by atoms with Gasteiger partial charge in [-0.1, -0.05) is 35.3 Å². The fraction of sp³-hybridized carbons (Fsp3) is 0.250. The molecule has 1 heterocycles. The maximum atomic E-state index is 12.9. The molecule has 3 N–H and O–H groups in total. The number of nitrogens with one attached hydrogen (secondary N) is 1. The number of halogens is 2. The molecule has 0 unspecified atom stereocenters. The normalized spacial score (nSPS) is 10.9. The van der Waals surface area contributed by atoms with Gasteiger partial charge in [0.2, 0.25) is 5.91 Å². The topological polar surface area (TPSA) is 119 Å². The molecule has 0 spiro atoms. The Morgan fingerprint density at radius 3 is 2.26 bits per heavy atom. The Morgan fingerprint density at radius 1 is 1.11 bits per heavy atom. The Morgan fingerprint density at radius 2 is 1.74 bits per heavy atom. The number of primary amides is 1. The maximum Gasteiger partial charge on any atom is 0.308 e. The number of carbonyl (C=O) groups excluding carboxylic acids is 4. The number of hydrogen-bond donors (Lipinski definition) is 2. The van der Waals surface area contributed by atoms with E-state index in [1.54, 1.807) is 29.2 Å². The Bertz CT molecular complexity index is 1340. The summed E-state index contributed by atoms with van der Waals surface area (Å²) in [5, 5.41) is 3.27. The summed E-state index contributed by atoms with van der Waals surface area (Å²) in [5.41, 5.74) is 6.83. The van der Waals surface area contributed by atoms with Crippen molar-refractivity contribution in [3.8, 4) is 5.75 Å². The summed E-state index contributed by atoms with van der Waals surface area (Å²) in [6.07, 6.45) is 0. The lowest BCUT2D eigenvalue weighted by atomic mass is 10.1. The molecule has 2 aromatic carbocycles. The van der Waals surface area contributed by atoms with Crippen molar-refractivity contribution in [2.75, 3.05) is 5.32 Å². The van der Waals surface area contributed by atoms with E-state index in [1.807, 2.05) is 13.8 Å². The van der Waals surface area contributed by atoms with Crippen molar-refractivity contribution in [3.63, 3.8) is 0 Å². The number of nitrogens with zero attached hydrogens (tertiary/aromatic N) is 1. The molecule has 1 aromatic heterocycles. The van der Waals surface area contributed by atoms with Crippen molar-refractivity contribution in [1.29, 1.82) is 0 Å².